The first kappa shape index (κ1) is 15.4. The van der Waals surface area contributed by atoms with Gasteiger partial charge in [-0.1, -0.05) is 41.7 Å². The van der Waals surface area contributed by atoms with Crippen molar-refractivity contribution in [3.8, 4) is 0 Å². The molecule has 2 aliphatic rings. The highest BCUT2D eigenvalue weighted by Gasteiger charge is 2.31. The topological polar surface area (TPSA) is 65.0 Å². The van der Waals surface area contributed by atoms with Crippen LogP contribution in [0, 0.1) is 0 Å². The number of nitrogens with zero attached hydrogens (tertiary/aromatic N) is 1. The Bertz CT molecular complexity index is 617. The van der Waals surface area contributed by atoms with E-state index in [9.17, 15) is 9.59 Å². The van der Waals surface area contributed by atoms with Crippen LogP contribution in [0.5, 0.6) is 0 Å². The van der Waals surface area contributed by atoms with E-state index >= 15 is 0 Å². The molecule has 0 N–H and O–H groups in total. The van der Waals surface area contributed by atoms with Gasteiger partial charge in [0.15, 0.2) is 0 Å². The Labute approximate surface area is 136 Å². The lowest BCUT2D eigenvalue weighted by molar-refractivity contribution is -0.145. The van der Waals surface area contributed by atoms with Gasteiger partial charge in [-0.15, -0.1) is 0 Å². The van der Waals surface area contributed by atoms with Crippen molar-refractivity contribution >= 4 is 39.8 Å². The standard InChI is InChI=1S/C15H15NO4S2/c17-13(20-12-5-7-19-14(12)18)11-4-2-1-3-10(11)9-22-15-16-6-8-21-15/h1-4,12H,5-9H2/t12-/m1/s1. The van der Waals surface area contributed by atoms with Crippen LogP contribution < -0.4 is 0 Å². The van der Waals surface area contributed by atoms with Gasteiger partial charge < -0.3 is 9.47 Å². The van der Waals surface area contributed by atoms with Crippen molar-refractivity contribution in [2.75, 3.05) is 18.9 Å². The van der Waals surface area contributed by atoms with Crippen molar-refractivity contribution < 1.29 is 19.1 Å². The van der Waals surface area contributed by atoms with Crippen molar-refractivity contribution in [2.45, 2.75) is 18.3 Å². The Morgan fingerprint density at radius 2 is 2.32 bits per heavy atom. The summed E-state index contributed by atoms with van der Waals surface area (Å²) in [7, 11) is 0. The maximum absolute atomic E-state index is 12.3. The van der Waals surface area contributed by atoms with Gasteiger partial charge in [-0.05, 0) is 11.6 Å². The molecule has 5 nitrogen and oxygen atoms in total. The predicted molar refractivity (Wildman–Crippen MR) is 87.3 cm³/mol. The molecule has 0 aliphatic carbocycles. The van der Waals surface area contributed by atoms with Gasteiger partial charge in [-0.25, -0.2) is 9.59 Å². The fourth-order valence-electron chi connectivity index (χ4n) is 2.16. The van der Waals surface area contributed by atoms with E-state index in [2.05, 4.69) is 4.99 Å². The summed E-state index contributed by atoms with van der Waals surface area (Å²) >= 11 is 3.36. The summed E-state index contributed by atoms with van der Waals surface area (Å²) in [6.07, 6.45) is -0.349. The van der Waals surface area contributed by atoms with E-state index in [1.807, 2.05) is 12.1 Å². The molecule has 0 spiro atoms. The van der Waals surface area contributed by atoms with E-state index < -0.39 is 18.0 Å². The molecule has 1 aromatic carbocycles. The van der Waals surface area contributed by atoms with Crippen LogP contribution in [0.15, 0.2) is 29.3 Å². The first-order valence-corrected chi connectivity index (χ1v) is 8.97. The second-order valence-corrected chi connectivity index (χ2v) is 7.10. The van der Waals surface area contributed by atoms with E-state index in [1.54, 1.807) is 35.7 Å². The fourth-order valence-corrected chi connectivity index (χ4v) is 4.18. The normalized spacial score (nSPS) is 20.6. The predicted octanol–water partition coefficient (Wildman–Crippen LogP) is 2.49. The lowest BCUT2D eigenvalue weighted by Crippen LogP contribution is -2.23. The number of hydrogen-bond acceptors (Lipinski definition) is 7. The third-order valence-electron chi connectivity index (χ3n) is 3.28. The van der Waals surface area contributed by atoms with E-state index in [4.69, 9.17) is 9.47 Å². The zero-order valence-electron chi connectivity index (χ0n) is 11.8. The number of benzene rings is 1. The molecule has 1 atom stereocenters. The quantitative estimate of drug-likeness (QED) is 0.787. The second-order valence-electron chi connectivity index (χ2n) is 4.79. The summed E-state index contributed by atoms with van der Waals surface area (Å²) in [6, 6.07) is 7.30. The van der Waals surface area contributed by atoms with Crippen LogP contribution in [0.1, 0.15) is 22.3 Å². The number of carbonyl (C=O) groups is 2. The Balaban J connectivity index is 1.67. The van der Waals surface area contributed by atoms with Gasteiger partial charge in [0, 0.05) is 17.9 Å². The average Bonchev–Trinajstić information content (AvgIpc) is 3.18. The number of esters is 2. The van der Waals surface area contributed by atoms with Crippen LogP contribution in [0.3, 0.4) is 0 Å². The van der Waals surface area contributed by atoms with Gasteiger partial charge in [0.25, 0.3) is 0 Å². The zero-order valence-corrected chi connectivity index (χ0v) is 13.5. The van der Waals surface area contributed by atoms with Gasteiger partial charge in [0.1, 0.15) is 4.38 Å². The van der Waals surface area contributed by atoms with Crippen molar-refractivity contribution in [1.82, 2.24) is 0 Å². The van der Waals surface area contributed by atoms with Crippen LogP contribution in [-0.4, -0.2) is 41.3 Å². The number of cyclic esters (lactones) is 1. The number of ether oxygens (including phenoxy) is 2. The minimum absolute atomic E-state index is 0.311. The molecule has 7 heteroatoms. The monoisotopic (exact) mass is 337 g/mol. The summed E-state index contributed by atoms with van der Waals surface area (Å²) < 4.78 is 11.1. The van der Waals surface area contributed by atoms with Crippen molar-refractivity contribution in [2.24, 2.45) is 4.99 Å². The summed E-state index contributed by atoms with van der Waals surface area (Å²) in [5.41, 5.74) is 1.39. The van der Waals surface area contributed by atoms with E-state index in [-0.39, 0.29) is 0 Å². The van der Waals surface area contributed by atoms with E-state index in [0.29, 0.717) is 24.3 Å². The first-order valence-electron chi connectivity index (χ1n) is 6.99. The maximum atomic E-state index is 12.3. The molecule has 0 aromatic heterocycles. The smallest absolute Gasteiger partial charge is 0.347 e. The van der Waals surface area contributed by atoms with Crippen LogP contribution in [-0.2, 0) is 20.0 Å². The maximum Gasteiger partial charge on any atom is 0.347 e. The summed E-state index contributed by atoms with van der Waals surface area (Å²) in [4.78, 5) is 28.1. The average molecular weight is 337 g/mol. The molecule has 0 unspecified atom stereocenters. The van der Waals surface area contributed by atoms with Crippen LogP contribution in [0.25, 0.3) is 0 Å². The molecule has 0 amide bonds. The van der Waals surface area contributed by atoms with Crippen LogP contribution >= 0.6 is 23.5 Å². The minimum atomic E-state index is -0.775. The molecule has 22 heavy (non-hydrogen) atoms. The molecule has 0 radical (unpaired) electrons. The highest BCUT2D eigenvalue weighted by Crippen LogP contribution is 2.27. The summed E-state index contributed by atoms with van der Waals surface area (Å²) in [5, 5.41) is 0. The SMILES string of the molecule is O=C(O[C@@H]1CCOC1=O)c1ccccc1CSC1=NCCS1. The molecular weight excluding hydrogens is 322 g/mol. The number of carbonyl (C=O) groups excluding carboxylic acids is 2. The van der Waals surface area contributed by atoms with Crippen LogP contribution in [0.4, 0.5) is 0 Å². The van der Waals surface area contributed by atoms with Gasteiger partial charge >= 0.3 is 11.9 Å². The first-order chi connectivity index (χ1) is 10.7. The zero-order chi connectivity index (χ0) is 15.4. The number of rotatable bonds is 4. The largest absolute Gasteiger partial charge is 0.463 e. The van der Waals surface area contributed by atoms with E-state index in [0.717, 1.165) is 22.2 Å². The highest BCUT2D eigenvalue weighted by atomic mass is 32.2. The van der Waals surface area contributed by atoms with Crippen molar-refractivity contribution in [1.29, 1.82) is 0 Å². The Hall–Kier alpha value is -1.47. The molecule has 2 aliphatic heterocycles. The molecule has 1 saturated heterocycles. The van der Waals surface area contributed by atoms with Gasteiger partial charge in [0.05, 0.1) is 18.7 Å². The molecule has 3 rings (SSSR count). The molecular formula is C15H15NO4S2. The fraction of sp³-hybridized carbons (Fsp3) is 0.400. The van der Waals surface area contributed by atoms with Crippen molar-refractivity contribution in [3.05, 3.63) is 35.4 Å². The highest BCUT2D eigenvalue weighted by molar-refractivity contribution is 8.38. The molecule has 2 heterocycles. The third kappa shape index (κ3) is 3.64. The van der Waals surface area contributed by atoms with Gasteiger partial charge in [-0.2, -0.15) is 0 Å². The second kappa shape index (κ2) is 7.19. The Kier molecular flexibility index (Phi) is 5.04. The molecule has 1 aromatic rings. The summed E-state index contributed by atoms with van der Waals surface area (Å²) in [5.74, 6) is 0.750. The molecule has 0 saturated carbocycles. The van der Waals surface area contributed by atoms with Crippen LogP contribution in [0.2, 0.25) is 0 Å². The lowest BCUT2D eigenvalue weighted by atomic mass is 10.1. The van der Waals surface area contributed by atoms with Gasteiger partial charge in [-0.3, -0.25) is 4.99 Å². The van der Waals surface area contributed by atoms with Gasteiger partial charge in [0.2, 0.25) is 6.10 Å². The minimum Gasteiger partial charge on any atom is -0.463 e. The Morgan fingerprint density at radius 1 is 1.45 bits per heavy atom. The third-order valence-corrected chi connectivity index (χ3v) is 5.58. The van der Waals surface area contributed by atoms with Crippen molar-refractivity contribution in [3.63, 3.8) is 0 Å². The number of hydrogen-bond donors (Lipinski definition) is 0. The molecule has 1 fully saturated rings. The molecule has 0 bridgehead atoms. The Morgan fingerprint density at radius 3 is 3.05 bits per heavy atom. The molecule has 116 valence electrons. The number of thioether (sulfide) groups is 2. The number of aliphatic imine (C=N–C) groups is 1. The summed E-state index contributed by atoms with van der Waals surface area (Å²) in [6.45, 7) is 1.17. The van der Waals surface area contributed by atoms with E-state index in [1.165, 1.54) is 0 Å². The lowest BCUT2D eigenvalue weighted by Gasteiger charge is -2.11.